The standard InChI is InChI=1S/C11H22N2/c1-9-7-11(9)13-5-2-3-10-4-6-12-8-10/h9-13H,2-8H2,1H3. The average Bonchev–Trinajstić information content (AvgIpc) is 2.67. The lowest BCUT2D eigenvalue weighted by atomic mass is 10.0. The van der Waals surface area contributed by atoms with Crippen LogP contribution < -0.4 is 10.6 Å². The van der Waals surface area contributed by atoms with Crippen molar-refractivity contribution >= 4 is 0 Å². The minimum Gasteiger partial charge on any atom is -0.316 e. The molecular weight excluding hydrogens is 160 g/mol. The Balaban J connectivity index is 1.44. The van der Waals surface area contributed by atoms with Crippen LogP contribution in [-0.2, 0) is 0 Å². The number of hydrogen-bond donors (Lipinski definition) is 2. The van der Waals surface area contributed by atoms with E-state index in [1.165, 1.54) is 45.3 Å². The molecule has 1 aliphatic carbocycles. The van der Waals surface area contributed by atoms with Gasteiger partial charge in [-0.2, -0.15) is 0 Å². The maximum atomic E-state index is 3.61. The van der Waals surface area contributed by atoms with Gasteiger partial charge in [-0.25, -0.2) is 0 Å². The van der Waals surface area contributed by atoms with E-state index in [0.29, 0.717) is 0 Å². The zero-order chi connectivity index (χ0) is 9.10. The Morgan fingerprint density at radius 2 is 2.31 bits per heavy atom. The number of hydrogen-bond acceptors (Lipinski definition) is 2. The highest BCUT2D eigenvalue weighted by Gasteiger charge is 2.31. The number of nitrogens with one attached hydrogen (secondary N) is 2. The molecule has 13 heavy (non-hydrogen) atoms. The van der Waals surface area contributed by atoms with Gasteiger partial charge in [-0.15, -0.1) is 0 Å². The summed E-state index contributed by atoms with van der Waals surface area (Å²) >= 11 is 0. The van der Waals surface area contributed by atoms with Gasteiger partial charge in [0.05, 0.1) is 0 Å². The van der Waals surface area contributed by atoms with Crippen molar-refractivity contribution in [2.45, 2.75) is 38.6 Å². The van der Waals surface area contributed by atoms with Gasteiger partial charge in [-0.1, -0.05) is 6.92 Å². The van der Waals surface area contributed by atoms with Gasteiger partial charge < -0.3 is 10.6 Å². The molecule has 0 radical (unpaired) electrons. The fraction of sp³-hybridized carbons (Fsp3) is 1.00. The van der Waals surface area contributed by atoms with E-state index in [4.69, 9.17) is 0 Å². The van der Waals surface area contributed by atoms with Gasteiger partial charge in [-0.05, 0) is 57.2 Å². The molecule has 1 aliphatic heterocycles. The van der Waals surface area contributed by atoms with E-state index in [1.54, 1.807) is 0 Å². The molecule has 76 valence electrons. The second kappa shape index (κ2) is 4.43. The van der Waals surface area contributed by atoms with Crippen molar-refractivity contribution < 1.29 is 0 Å². The maximum Gasteiger partial charge on any atom is 0.00963 e. The highest BCUT2D eigenvalue weighted by Crippen LogP contribution is 2.28. The van der Waals surface area contributed by atoms with Crippen molar-refractivity contribution in [3.8, 4) is 0 Å². The Bertz CT molecular complexity index is 152. The normalized spacial score (nSPS) is 38.1. The minimum atomic E-state index is 0.863. The summed E-state index contributed by atoms with van der Waals surface area (Å²) in [5, 5.41) is 7.03. The van der Waals surface area contributed by atoms with Crippen LogP contribution in [0.3, 0.4) is 0 Å². The van der Waals surface area contributed by atoms with Crippen LogP contribution in [0.15, 0.2) is 0 Å². The summed E-state index contributed by atoms with van der Waals surface area (Å²) in [7, 11) is 0. The molecule has 0 aromatic carbocycles. The fourth-order valence-corrected chi connectivity index (χ4v) is 2.25. The molecule has 2 N–H and O–H groups in total. The summed E-state index contributed by atoms with van der Waals surface area (Å²) in [4.78, 5) is 0. The molecule has 0 aromatic rings. The second-order valence-electron chi connectivity index (χ2n) is 4.77. The summed E-state index contributed by atoms with van der Waals surface area (Å²) in [5.41, 5.74) is 0. The first kappa shape index (κ1) is 9.47. The average molecular weight is 182 g/mol. The highest BCUT2D eigenvalue weighted by atomic mass is 15.0. The lowest BCUT2D eigenvalue weighted by molar-refractivity contribution is 0.488. The van der Waals surface area contributed by atoms with Crippen molar-refractivity contribution in [3.63, 3.8) is 0 Å². The van der Waals surface area contributed by atoms with Gasteiger partial charge in [-0.3, -0.25) is 0 Å². The van der Waals surface area contributed by atoms with E-state index in [-0.39, 0.29) is 0 Å². The topological polar surface area (TPSA) is 24.1 Å². The molecule has 1 saturated heterocycles. The molecule has 2 aliphatic rings. The molecule has 0 bridgehead atoms. The van der Waals surface area contributed by atoms with Crippen molar-refractivity contribution in [1.82, 2.24) is 10.6 Å². The first-order valence-corrected chi connectivity index (χ1v) is 5.80. The van der Waals surface area contributed by atoms with Crippen molar-refractivity contribution in [2.75, 3.05) is 19.6 Å². The molecule has 2 rings (SSSR count). The van der Waals surface area contributed by atoms with Crippen LogP contribution in [-0.4, -0.2) is 25.7 Å². The zero-order valence-electron chi connectivity index (χ0n) is 8.68. The van der Waals surface area contributed by atoms with E-state index < -0.39 is 0 Å². The fourth-order valence-electron chi connectivity index (χ4n) is 2.25. The monoisotopic (exact) mass is 182 g/mol. The summed E-state index contributed by atoms with van der Waals surface area (Å²) in [6.07, 6.45) is 5.60. The van der Waals surface area contributed by atoms with Crippen LogP contribution in [0.2, 0.25) is 0 Å². The zero-order valence-corrected chi connectivity index (χ0v) is 8.68. The molecular formula is C11H22N2. The molecule has 0 aromatic heterocycles. The van der Waals surface area contributed by atoms with Crippen LogP contribution in [0.4, 0.5) is 0 Å². The maximum absolute atomic E-state index is 3.61. The van der Waals surface area contributed by atoms with Gasteiger partial charge >= 0.3 is 0 Å². The third kappa shape index (κ3) is 2.96. The largest absolute Gasteiger partial charge is 0.316 e. The van der Waals surface area contributed by atoms with E-state index >= 15 is 0 Å². The Morgan fingerprint density at radius 1 is 1.46 bits per heavy atom. The molecule has 2 nitrogen and oxygen atoms in total. The smallest absolute Gasteiger partial charge is 0.00963 e. The van der Waals surface area contributed by atoms with E-state index in [2.05, 4.69) is 17.6 Å². The van der Waals surface area contributed by atoms with Gasteiger partial charge in [0, 0.05) is 6.04 Å². The Hall–Kier alpha value is -0.0800. The van der Waals surface area contributed by atoms with Gasteiger partial charge in [0.15, 0.2) is 0 Å². The van der Waals surface area contributed by atoms with Crippen molar-refractivity contribution in [2.24, 2.45) is 11.8 Å². The van der Waals surface area contributed by atoms with E-state index in [0.717, 1.165) is 17.9 Å². The van der Waals surface area contributed by atoms with E-state index in [1.807, 2.05) is 0 Å². The minimum absolute atomic E-state index is 0.863. The van der Waals surface area contributed by atoms with Crippen LogP contribution in [0, 0.1) is 11.8 Å². The van der Waals surface area contributed by atoms with Crippen LogP contribution in [0.1, 0.15) is 32.6 Å². The third-order valence-corrected chi connectivity index (χ3v) is 3.47. The van der Waals surface area contributed by atoms with E-state index in [9.17, 15) is 0 Å². The molecule has 3 unspecified atom stereocenters. The molecule has 0 amide bonds. The summed E-state index contributed by atoms with van der Waals surface area (Å²) in [6.45, 7) is 6.08. The lowest BCUT2D eigenvalue weighted by Crippen LogP contribution is -2.20. The summed E-state index contributed by atoms with van der Waals surface area (Å²) in [6, 6.07) is 0.863. The highest BCUT2D eigenvalue weighted by molar-refractivity contribution is 4.89. The summed E-state index contributed by atoms with van der Waals surface area (Å²) in [5.74, 6) is 1.92. The predicted octanol–water partition coefficient (Wildman–Crippen LogP) is 1.37. The third-order valence-electron chi connectivity index (χ3n) is 3.47. The Kier molecular flexibility index (Phi) is 3.23. The quantitative estimate of drug-likeness (QED) is 0.628. The van der Waals surface area contributed by atoms with Crippen LogP contribution in [0.5, 0.6) is 0 Å². The Morgan fingerprint density at radius 3 is 2.92 bits per heavy atom. The Labute approximate surface area is 81.5 Å². The summed E-state index contributed by atoms with van der Waals surface area (Å²) < 4.78 is 0. The molecule has 1 saturated carbocycles. The molecule has 3 atom stereocenters. The van der Waals surface area contributed by atoms with Gasteiger partial charge in [0.2, 0.25) is 0 Å². The van der Waals surface area contributed by atoms with Gasteiger partial charge in [0.25, 0.3) is 0 Å². The van der Waals surface area contributed by atoms with Crippen molar-refractivity contribution in [1.29, 1.82) is 0 Å². The molecule has 2 fully saturated rings. The van der Waals surface area contributed by atoms with Crippen LogP contribution >= 0.6 is 0 Å². The second-order valence-corrected chi connectivity index (χ2v) is 4.77. The first-order chi connectivity index (χ1) is 6.36. The molecule has 2 heteroatoms. The van der Waals surface area contributed by atoms with Gasteiger partial charge in [0.1, 0.15) is 0 Å². The predicted molar refractivity (Wildman–Crippen MR) is 55.8 cm³/mol. The lowest BCUT2D eigenvalue weighted by Gasteiger charge is -2.08. The first-order valence-electron chi connectivity index (χ1n) is 5.80. The van der Waals surface area contributed by atoms with Crippen molar-refractivity contribution in [3.05, 3.63) is 0 Å². The number of rotatable bonds is 5. The SMILES string of the molecule is CC1CC1NCCCC1CCNC1. The van der Waals surface area contributed by atoms with Crippen LogP contribution in [0.25, 0.3) is 0 Å². The molecule has 0 spiro atoms. The molecule has 1 heterocycles.